The number of hydrogen-bond donors (Lipinski definition) is 3. The molecule has 3 N–H and O–H groups in total. The van der Waals surface area contributed by atoms with Crippen LogP contribution < -0.4 is 10.6 Å². The van der Waals surface area contributed by atoms with Gasteiger partial charge in [0.15, 0.2) is 0 Å². The van der Waals surface area contributed by atoms with Crippen molar-refractivity contribution < 1.29 is 14.3 Å². The Morgan fingerprint density at radius 3 is 2.54 bits per heavy atom. The molecule has 0 heterocycles. The van der Waals surface area contributed by atoms with Gasteiger partial charge in [-0.2, -0.15) is 0 Å². The number of amides is 2. The summed E-state index contributed by atoms with van der Waals surface area (Å²) in [5, 5.41) is 14.9. The maximum Gasteiger partial charge on any atom is 0.315 e. The number of carbonyl (C=O) groups is 1. The van der Waals surface area contributed by atoms with Gasteiger partial charge in [-0.25, -0.2) is 9.18 Å². The molecule has 128 valence electrons. The second-order valence-corrected chi connectivity index (χ2v) is 5.83. The van der Waals surface area contributed by atoms with Crippen LogP contribution in [0.2, 0.25) is 0 Å². The van der Waals surface area contributed by atoms with E-state index in [-0.39, 0.29) is 30.5 Å². The smallest absolute Gasteiger partial charge is 0.315 e. The van der Waals surface area contributed by atoms with Gasteiger partial charge in [-0.3, -0.25) is 0 Å². The van der Waals surface area contributed by atoms with Crippen LogP contribution in [0.15, 0.2) is 54.6 Å². The molecule has 4 nitrogen and oxygen atoms in total. The predicted octanol–water partition coefficient (Wildman–Crippen LogP) is 3.18. The van der Waals surface area contributed by atoms with Gasteiger partial charge in [0.1, 0.15) is 5.82 Å². The fourth-order valence-electron chi connectivity index (χ4n) is 2.63. The first-order valence-electron chi connectivity index (χ1n) is 8.05. The van der Waals surface area contributed by atoms with E-state index in [0.717, 1.165) is 11.1 Å². The molecule has 0 aliphatic rings. The summed E-state index contributed by atoms with van der Waals surface area (Å²) in [7, 11) is 0. The number of nitrogens with one attached hydrogen (secondary N) is 2. The van der Waals surface area contributed by atoms with Crippen LogP contribution >= 0.6 is 0 Å². The van der Waals surface area contributed by atoms with Gasteiger partial charge in [0, 0.05) is 12.6 Å². The summed E-state index contributed by atoms with van der Waals surface area (Å²) in [5.74, 6) is -0.281. The van der Waals surface area contributed by atoms with Crippen molar-refractivity contribution in [3.8, 4) is 0 Å². The number of rotatable bonds is 7. The third-order valence-electron chi connectivity index (χ3n) is 3.73. The number of hydrogen-bond acceptors (Lipinski definition) is 2. The lowest BCUT2D eigenvalue weighted by Crippen LogP contribution is -2.43. The Morgan fingerprint density at radius 2 is 1.88 bits per heavy atom. The van der Waals surface area contributed by atoms with E-state index in [2.05, 4.69) is 10.6 Å². The van der Waals surface area contributed by atoms with E-state index in [1.165, 1.54) is 12.1 Å². The second-order valence-electron chi connectivity index (χ2n) is 5.83. The van der Waals surface area contributed by atoms with Gasteiger partial charge in [0.2, 0.25) is 0 Å². The van der Waals surface area contributed by atoms with Crippen molar-refractivity contribution in [3.63, 3.8) is 0 Å². The zero-order valence-corrected chi connectivity index (χ0v) is 13.7. The summed E-state index contributed by atoms with van der Waals surface area (Å²) < 4.78 is 13.2. The van der Waals surface area contributed by atoms with Crippen LogP contribution in [0.4, 0.5) is 9.18 Å². The van der Waals surface area contributed by atoms with E-state index < -0.39 is 0 Å². The van der Waals surface area contributed by atoms with Crippen LogP contribution in [0, 0.1) is 5.82 Å². The molecular weight excluding hydrogens is 307 g/mol. The Balaban J connectivity index is 1.90. The Bertz CT molecular complexity index is 649. The predicted molar refractivity (Wildman–Crippen MR) is 92.1 cm³/mol. The monoisotopic (exact) mass is 330 g/mol. The standard InChI is InChI=1S/C19H23FN2O2/c1-14(12-15-6-5-9-17(20)13-15)21-19(24)22-18(10-11-23)16-7-3-2-4-8-16/h2-9,13-14,18,23H,10-12H2,1H3,(H2,21,22,24)/t14?,18-/m1/s1. The molecule has 0 bridgehead atoms. The summed E-state index contributed by atoms with van der Waals surface area (Å²) in [6, 6.07) is 15.2. The zero-order valence-electron chi connectivity index (χ0n) is 13.7. The second kappa shape index (κ2) is 9.03. The van der Waals surface area contributed by atoms with Gasteiger partial charge in [-0.15, -0.1) is 0 Å². The van der Waals surface area contributed by atoms with Gasteiger partial charge in [-0.05, 0) is 43.0 Å². The molecule has 0 aromatic heterocycles. The SMILES string of the molecule is CC(Cc1cccc(F)c1)NC(=O)N[C@H](CCO)c1ccccc1. The molecule has 24 heavy (non-hydrogen) atoms. The Morgan fingerprint density at radius 1 is 1.12 bits per heavy atom. The maximum atomic E-state index is 13.2. The number of aliphatic hydroxyl groups is 1. The van der Waals surface area contributed by atoms with Crippen molar-refractivity contribution in [2.75, 3.05) is 6.61 Å². The fourth-order valence-corrected chi connectivity index (χ4v) is 2.63. The molecule has 5 heteroatoms. The number of benzene rings is 2. The lowest BCUT2D eigenvalue weighted by molar-refractivity contribution is 0.226. The van der Waals surface area contributed by atoms with Crippen LogP contribution in [0.5, 0.6) is 0 Å². The topological polar surface area (TPSA) is 61.4 Å². The van der Waals surface area contributed by atoms with Crippen LogP contribution in [0.3, 0.4) is 0 Å². The highest BCUT2D eigenvalue weighted by Crippen LogP contribution is 2.16. The Labute approximate surface area is 141 Å². The van der Waals surface area contributed by atoms with Crippen LogP contribution in [-0.4, -0.2) is 23.8 Å². The molecule has 2 rings (SSSR count). The normalized spacial score (nSPS) is 13.1. The molecule has 2 aromatic rings. The first kappa shape index (κ1) is 17.9. The Kier molecular flexibility index (Phi) is 6.75. The lowest BCUT2D eigenvalue weighted by atomic mass is 10.0. The van der Waals surface area contributed by atoms with Crippen LogP contribution in [0.25, 0.3) is 0 Å². The van der Waals surface area contributed by atoms with Crippen LogP contribution in [-0.2, 0) is 6.42 Å². The molecule has 0 aliphatic carbocycles. The van der Waals surface area contributed by atoms with E-state index in [1.807, 2.05) is 43.3 Å². The van der Waals surface area contributed by atoms with E-state index >= 15 is 0 Å². The molecule has 1 unspecified atom stereocenters. The molecule has 2 aromatic carbocycles. The van der Waals surface area contributed by atoms with Crippen molar-refractivity contribution >= 4 is 6.03 Å². The van der Waals surface area contributed by atoms with E-state index in [0.29, 0.717) is 12.8 Å². The fraction of sp³-hybridized carbons (Fsp3) is 0.316. The molecule has 2 atom stereocenters. The van der Waals surface area contributed by atoms with Gasteiger partial charge in [-0.1, -0.05) is 42.5 Å². The molecule has 0 fully saturated rings. The number of urea groups is 1. The molecule has 0 saturated heterocycles. The average molecular weight is 330 g/mol. The van der Waals surface area contributed by atoms with Crippen molar-refractivity contribution in [1.82, 2.24) is 10.6 Å². The van der Waals surface area contributed by atoms with Gasteiger partial charge >= 0.3 is 6.03 Å². The summed E-state index contributed by atoms with van der Waals surface area (Å²) in [4.78, 5) is 12.2. The minimum absolute atomic E-state index is 0.0152. The largest absolute Gasteiger partial charge is 0.396 e. The summed E-state index contributed by atoms with van der Waals surface area (Å²) in [6.07, 6.45) is 0.983. The highest BCUT2D eigenvalue weighted by molar-refractivity contribution is 5.74. The number of halogens is 1. The summed E-state index contributed by atoms with van der Waals surface area (Å²) in [6.45, 7) is 1.85. The molecule has 0 spiro atoms. The number of carbonyl (C=O) groups excluding carboxylic acids is 1. The van der Waals surface area contributed by atoms with Crippen molar-refractivity contribution in [1.29, 1.82) is 0 Å². The summed E-state index contributed by atoms with van der Waals surface area (Å²) >= 11 is 0. The molecule has 0 radical (unpaired) electrons. The van der Waals surface area contributed by atoms with Crippen molar-refractivity contribution in [2.24, 2.45) is 0 Å². The van der Waals surface area contributed by atoms with Crippen molar-refractivity contribution in [2.45, 2.75) is 31.8 Å². The third-order valence-corrected chi connectivity index (χ3v) is 3.73. The third kappa shape index (κ3) is 5.66. The Hall–Kier alpha value is -2.40. The zero-order chi connectivity index (χ0) is 17.4. The van der Waals surface area contributed by atoms with Gasteiger partial charge in [0.25, 0.3) is 0 Å². The number of aliphatic hydroxyl groups excluding tert-OH is 1. The molecular formula is C19H23FN2O2. The van der Waals surface area contributed by atoms with E-state index in [1.54, 1.807) is 6.07 Å². The lowest BCUT2D eigenvalue weighted by Gasteiger charge is -2.21. The van der Waals surface area contributed by atoms with Crippen LogP contribution in [0.1, 0.15) is 30.5 Å². The first-order valence-corrected chi connectivity index (χ1v) is 8.05. The summed E-state index contributed by atoms with van der Waals surface area (Å²) in [5.41, 5.74) is 1.78. The van der Waals surface area contributed by atoms with Gasteiger partial charge < -0.3 is 15.7 Å². The molecule has 0 saturated carbocycles. The van der Waals surface area contributed by atoms with E-state index in [4.69, 9.17) is 0 Å². The minimum atomic E-state index is -0.304. The van der Waals surface area contributed by atoms with E-state index in [9.17, 15) is 14.3 Å². The van der Waals surface area contributed by atoms with Crippen molar-refractivity contribution in [3.05, 3.63) is 71.5 Å². The average Bonchev–Trinajstić information content (AvgIpc) is 2.55. The maximum absolute atomic E-state index is 13.2. The molecule has 2 amide bonds. The highest BCUT2D eigenvalue weighted by Gasteiger charge is 2.15. The highest BCUT2D eigenvalue weighted by atomic mass is 19.1. The molecule has 0 aliphatic heterocycles. The quantitative estimate of drug-likeness (QED) is 0.730. The van der Waals surface area contributed by atoms with Gasteiger partial charge in [0.05, 0.1) is 6.04 Å². The first-order chi connectivity index (χ1) is 11.6. The minimum Gasteiger partial charge on any atom is -0.396 e.